The highest BCUT2D eigenvalue weighted by Crippen LogP contribution is 2.01. The van der Waals surface area contributed by atoms with Crippen molar-refractivity contribution in [3.8, 4) is 0 Å². The number of aryl methyl sites for hydroxylation is 1. The molecule has 0 aromatic carbocycles. The number of carbonyl (C=O) groups is 1. The lowest BCUT2D eigenvalue weighted by molar-refractivity contribution is -0.145. The van der Waals surface area contributed by atoms with Crippen LogP contribution in [0.4, 0.5) is 0 Å². The lowest BCUT2D eigenvalue weighted by atomic mass is 10.3. The van der Waals surface area contributed by atoms with E-state index in [4.69, 9.17) is 9.26 Å². The zero-order valence-corrected chi connectivity index (χ0v) is 9.24. The summed E-state index contributed by atoms with van der Waals surface area (Å²) in [4.78, 5) is 11.2. The summed E-state index contributed by atoms with van der Waals surface area (Å²) in [6.07, 6.45) is 0. The molecule has 0 aliphatic heterocycles. The molecule has 84 valence electrons. The molecule has 0 spiro atoms. The van der Waals surface area contributed by atoms with E-state index in [1.54, 1.807) is 13.8 Å². The largest absolute Gasteiger partial charge is 0.465 e. The van der Waals surface area contributed by atoms with Gasteiger partial charge in [0, 0.05) is 6.07 Å². The van der Waals surface area contributed by atoms with Crippen molar-refractivity contribution in [2.24, 2.45) is 0 Å². The maximum absolute atomic E-state index is 11.2. The van der Waals surface area contributed by atoms with Crippen molar-refractivity contribution in [2.75, 3.05) is 6.61 Å². The number of carbonyl (C=O) groups excluding carboxylic acids is 1. The van der Waals surface area contributed by atoms with Crippen LogP contribution in [0.1, 0.15) is 25.3 Å². The first kappa shape index (κ1) is 11.7. The molecule has 0 saturated carbocycles. The van der Waals surface area contributed by atoms with Crippen molar-refractivity contribution in [1.29, 1.82) is 0 Å². The smallest absolute Gasteiger partial charge is 0.322 e. The quantitative estimate of drug-likeness (QED) is 0.738. The summed E-state index contributed by atoms with van der Waals surface area (Å²) >= 11 is 0. The van der Waals surface area contributed by atoms with Crippen LogP contribution in [0, 0.1) is 6.92 Å². The minimum absolute atomic E-state index is 0.256. The highest BCUT2D eigenvalue weighted by atomic mass is 16.5. The van der Waals surface area contributed by atoms with Gasteiger partial charge in [0.05, 0.1) is 18.8 Å². The molecular formula is C10H16N2O3. The van der Waals surface area contributed by atoms with Crippen LogP contribution in [0.3, 0.4) is 0 Å². The van der Waals surface area contributed by atoms with Gasteiger partial charge in [0.25, 0.3) is 0 Å². The molecule has 5 heteroatoms. The number of esters is 1. The number of nitrogens with zero attached hydrogens (tertiary/aromatic N) is 1. The van der Waals surface area contributed by atoms with Gasteiger partial charge in [-0.2, -0.15) is 0 Å². The topological polar surface area (TPSA) is 64.4 Å². The molecule has 0 amide bonds. The Morgan fingerprint density at radius 1 is 1.73 bits per heavy atom. The molecule has 0 aliphatic carbocycles. The highest BCUT2D eigenvalue weighted by molar-refractivity contribution is 5.75. The summed E-state index contributed by atoms with van der Waals surface area (Å²) in [5.41, 5.74) is 0.829. The summed E-state index contributed by atoms with van der Waals surface area (Å²) < 4.78 is 9.84. The second-order valence-electron chi connectivity index (χ2n) is 3.29. The summed E-state index contributed by atoms with van der Waals surface area (Å²) in [6, 6.07) is 1.49. The van der Waals surface area contributed by atoms with Gasteiger partial charge >= 0.3 is 5.97 Å². The van der Waals surface area contributed by atoms with Gasteiger partial charge in [-0.15, -0.1) is 0 Å². The van der Waals surface area contributed by atoms with E-state index < -0.39 is 0 Å². The average Bonchev–Trinajstić information content (AvgIpc) is 2.61. The van der Waals surface area contributed by atoms with E-state index in [0.29, 0.717) is 18.9 Å². The summed E-state index contributed by atoms with van der Waals surface area (Å²) in [5, 5.41) is 6.73. The van der Waals surface area contributed by atoms with E-state index in [9.17, 15) is 4.79 Å². The van der Waals surface area contributed by atoms with E-state index in [0.717, 1.165) is 5.69 Å². The molecule has 1 aromatic heterocycles. The van der Waals surface area contributed by atoms with Crippen molar-refractivity contribution in [1.82, 2.24) is 10.5 Å². The third-order valence-electron chi connectivity index (χ3n) is 1.90. The maximum Gasteiger partial charge on any atom is 0.322 e. The first-order valence-corrected chi connectivity index (χ1v) is 4.95. The Balaban J connectivity index is 2.33. The Kier molecular flexibility index (Phi) is 4.30. The summed E-state index contributed by atoms with van der Waals surface area (Å²) in [5.74, 6) is 0.456. The van der Waals surface area contributed by atoms with Crippen molar-refractivity contribution < 1.29 is 14.1 Å². The lowest BCUT2D eigenvalue weighted by Crippen LogP contribution is -2.34. The number of hydrogen-bond donors (Lipinski definition) is 1. The van der Waals surface area contributed by atoms with Crippen LogP contribution >= 0.6 is 0 Å². The second kappa shape index (κ2) is 5.50. The summed E-state index contributed by atoms with van der Waals surface area (Å²) in [6.45, 7) is 6.25. The zero-order chi connectivity index (χ0) is 11.3. The predicted molar refractivity (Wildman–Crippen MR) is 54.2 cm³/mol. The lowest BCUT2D eigenvalue weighted by Gasteiger charge is -2.10. The van der Waals surface area contributed by atoms with Gasteiger partial charge in [0.2, 0.25) is 0 Å². The van der Waals surface area contributed by atoms with Crippen LogP contribution in [0.2, 0.25) is 0 Å². The third-order valence-corrected chi connectivity index (χ3v) is 1.90. The molecule has 15 heavy (non-hydrogen) atoms. The van der Waals surface area contributed by atoms with Crippen LogP contribution < -0.4 is 5.32 Å². The van der Waals surface area contributed by atoms with Gasteiger partial charge in [0.1, 0.15) is 6.04 Å². The molecule has 0 aliphatic rings. The van der Waals surface area contributed by atoms with E-state index >= 15 is 0 Å². The monoisotopic (exact) mass is 212 g/mol. The van der Waals surface area contributed by atoms with E-state index in [-0.39, 0.29) is 12.0 Å². The Labute approximate surface area is 88.8 Å². The van der Waals surface area contributed by atoms with Gasteiger partial charge in [-0.05, 0) is 20.8 Å². The molecule has 1 unspecified atom stereocenters. The van der Waals surface area contributed by atoms with Crippen molar-refractivity contribution in [3.63, 3.8) is 0 Å². The van der Waals surface area contributed by atoms with Crippen LogP contribution in [0.25, 0.3) is 0 Å². The minimum Gasteiger partial charge on any atom is -0.465 e. The van der Waals surface area contributed by atoms with Crippen LogP contribution in [-0.2, 0) is 16.1 Å². The van der Waals surface area contributed by atoms with Crippen molar-refractivity contribution >= 4 is 5.97 Å². The van der Waals surface area contributed by atoms with Crippen molar-refractivity contribution in [2.45, 2.75) is 33.4 Å². The molecule has 1 atom stereocenters. The van der Waals surface area contributed by atoms with Gasteiger partial charge in [-0.1, -0.05) is 5.16 Å². The third kappa shape index (κ3) is 3.71. The molecular weight excluding hydrogens is 196 g/mol. The number of ether oxygens (including phenoxy) is 1. The van der Waals surface area contributed by atoms with Gasteiger partial charge in [-0.25, -0.2) is 0 Å². The maximum atomic E-state index is 11.2. The Morgan fingerprint density at radius 3 is 3.00 bits per heavy atom. The van der Waals surface area contributed by atoms with E-state index in [2.05, 4.69) is 10.5 Å². The fraction of sp³-hybridized carbons (Fsp3) is 0.600. The first-order chi connectivity index (χ1) is 7.13. The normalized spacial score (nSPS) is 12.5. The van der Waals surface area contributed by atoms with Crippen LogP contribution in [-0.4, -0.2) is 23.8 Å². The van der Waals surface area contributed by atoms with Crippen molar-refractivity contribution in [3.05, 3.63) is 17.5 Å². The Bertz CT molecular complexity index is 322. The SMILES string of the molecule is CCOC(=O)C(C)NCc1cc(C)no1. The minimum atomic E-state index is -0.338. The number of rotatable bonds is 5. The summed E-state index contributed by atoms with van der Waals surface area (Å²) in [7, 11) is 0. The molecule has 5 nitrogen and oxygen atoms in total. The van der Waals surface area contributed by atoms with Crippen LogP contribution in [0.5, 0.6) is 0 Å². The molecule has 1 aromatic rings. The molecule has 1 heterocycles. The van der Waals surface area contributed by atoms with Gasteiger partial charge in [-0.3, -0.25) is 10.1 Å². The molecule has 0 radical (unpaired) electrons. The predicted octanol–water partition coefficient (Wildman–Crippen LogP) is 1.02. The van der Waals surface area contributed by atoms with Crippen LogP contribution in [0.15, 0.2) is 10.6 Å². The molecule has 0 saturated heterocycles. The highest BCUT2D eigenvalue weighted by Gasteiger charge is 2.13. The molecule has 1 N–H and O–H groups in total. The number of hydrogen-bond acceptors (Lipinski definition) is 5. The fourth-order valence-electron chi connectivity index (χ4n) is 1.10. The molecule has 0 bridgehead atoms. The van der Waals surface area contributed by atoms with E-state index in [1.807, 2.05) is 13.0 Å². The molecule has 0 fully saturated rings. The Morgan fingerprint density at radius 2 is 2.47 bits per heavy atom. The second-order valence-corrected chi connectivity index (χ2v) is 3.29. The van der Waals surface area contributed by atoms with E-state index in [1.165, 1.54) is 0 Å². The zero-order valence-electron chi connectivity index (χ0n) is 9.24. The fourth-order valence-corrected chi connectivity index (χ4v) is 1.10. The number of nitrogens with one attached hydrogen (secondary N) is 1. The first-order valence-electron chi connectivity index (χ1n) is 4.95. The van der Waals surface area contributed by atoms with Gasteiger partial charge < -0.3 is 9.26 Å². The average molecular weight is 212 g/mol. The standard InChI is InChI=1S/C10H16N2O3/c1-4-14-10(13)8(3)11-6-9-5-7(2)12-15-9/h5,8,11H,4,6H2,1-3H3. The molecule has 1 rings (SSSR count). The number of aromatic nitrogens is 1. The Hall–Kier alpha value is -1.36. The van der Waals surface area contributed by atoms with Gasteiger partial charge in [0.15, 0.2) is 5.76 Å².